The van der Waals surface area contributed by atoms with Gasteiger partial charge in [0.25, 0.3) is 0 Å². The van der Waals surface area contributed by atoms with Gasteiger partial charge in [-0.1, -0.05) is 47.5 Å². The van der Waals surface area contributed by atoms with Crippen LogP contribution in [0.4, 0.5) is 0 Å². The van der Waals surface area contributed by atoms with E-state index in [-0.39, 0.29) is 0 Å². The number of hydrogen-bond acceptors (Lipinski definition) is 4. The third-order valence-electron chi connectivity index (χ3n) is 4.66. The number of rotatable bonds is 13. The molecule has 0 heterocycles. The van der Waals surface area contributed by atoms with E-state index < -0.39 is 0 Å². The Kier molecular flexibility index (Phi) is 10.2. The smallest absolute Gasteiger partial charge is 0.0722 e. The van der Waals surface area contributed by atoms with Crippen molar-refractivity contribution in [2.75, 3.05) is 47.3 Å². The van der Waals surface area contributed by atoms with Gasteiger partial charge in [-0.3, -0.25) is 0 Å². The molecular formula is C24H34O4. The van der Waals surface area contributed by atoms with Crippen molar-refractivity contribution in [1.82, 2.24) is 0 Å². The largest absolute Gasteiger partial charge is 0.385 e. The Morgan fingerprint density at radius 1 is 0.643 bits per heavy atom. The van der Waals surface area contributed by atoms with Crippen molar-refractivity contribution < 1.29 is 18.9 Å². The minimum absolute atomic E-state index is 0.608. The lowest BCUT2D eigenvalue weighted by molar-refractivity contribution is 0.0723. The van der Waals surface area contributed by atoms with Crippen LogP contribution in [0.3, 0.4) is 0 Å². The zero-order valence-corrected chi connectivity index (χ0v) is 17.8. The van der Waals surface area contributed by atoms with E-state index in [1.165, 1.54) is 33.4 Å². The van der Waals surface area contributed by atoms with Crippen molar-refractivity contribution in [1.29, 1.82) is 0 Å². The second-order valence-electron chi connectivity index (χ2n) is 7.08. The van der Waals surface area contributed by atoms with Gasteiger partial charge in [0.1, 0.15) is 0 Å². The molecule has 0 unspecified atom stereocenters. The molecule has 4 nitrogen and oxygen atoms in total. The number of methoxy groups -OCH3 is 2. The van der Waals surface area contributed by atoms with Crippen LogP contribution in [0.1, 0.15) is 28.7 Å². The molecule has 0 amide bonds. The fourth-order valence-electron chi connectivity index (χ4n) is 3.14. The Morgan fingerprint density at radius 3 is 1.96 bits per heavy atom. The van der Waals surface area contributed by atoms with Crippen LogP contribution in [-0.2, 0) is 32.0 Å². The maximum atomic E-state index is 5.90. The van der Waals surface area contributed by atoms with E-state index in [2.05, 4.69) is 50.2 Å². The van der Waals surface area contributed by atoms with Crippen molar-refractivity contribution in [2.45, 2.75) is 33.3 Å². The average Bonchev–Trinajstić information content (AvgIpc) is 2.69. The van der Waals surface area contributed by atoms with Gasteiger partial charge in [0.15, 0.2) is 0 Å². The van der Waals surface area contributed by atoms with Crippen molar-refractivity contribution >= 4 is 0 Å². The van der Waals surface area contributed by atoms with Crippen LogP contribution in [-0.4, -0.2) is 47.3 Å². The van der Waals surface area contributed by atoms with Gasteiger partial charge in [-0.15, -0.1) is 0 Å². The van der Waals surface area contributed by atoms with Crippen LogP contribution >= 0.6 is 0 Å². The van der Waals surface area contributed by atoms with E-state index in [1.54, 1.807) is 14.2 Å². The molecule has 4 heteroatoms. The molecule has 0 aliphatic carbocycles. The number of hydrogen-bond donors (Lipinski definition) is 0. The maximum Gasteiger partial charge on any atom is 0.0722 e. The Bertz CT molecular complexity index is 650. The van der Waals surface area contributed by atoms with Crippen LogP contribution in [0.5, 0.6) is 0 Å². The van der Waals surface area contributed by atoms with Gasteiger partial charge in [0.05, 0.1) is 26.4 Å². The molecule has 28 heavy (non-hydrogen) atoms. The first kappa shape index (κ1) is 22.6. The van der Waals surface area contributed by atoms with Crippen molar-refractivity contribution in [3.05, 3.63) is 58.7 Å². The highest BCUT2D eigenvalue weighted by Crippen LogP contribution is 2.30. The molecule has 0 saturated carbocycles. The van der Waals surface area contributed by atoms with E-state index in [9.17, 15) is 0 Å². The summed E-state index contributed by atoms with van der Waals surface area (Å²) < 4.78 is 21.7. The van der Waals surface area contributed by atoms with E-state index in [0.29, 0.717) is 33.0 Å². The van der Waals surface area contributed by atoms with E-state index >= 15 is 0 Å². The maximum absolute atomic E-state index is 5.90. The standard InChI is InChI=1S/C24H34O4/c1-19-6-8-21(10-13-27-15-14-26-4)23(16-19)24-17-20(2)7-9-22(24)18-28-12-5-11-25-3/h6-9,16-17H,5,10-15,18H2,1-4H3. The van der Waals surface area contributed by atoms with Crippen LogP contribution in [0, 0.1) is 13.8 Å². The monoisotopic (exact) mass is 386 g/mol. The summed E-state index contributed by atoms with van der Waals surface area (Å²) in [6.45, 7) is 8.26. The van der Waals surface area contributed by atoms with Crippen molar-refractivity contribution in [3.8, 4) is 11.1 Å². The summed E-state index contributed by atoms with van der Waals surface area (Å²) in [7, 11) is 3.41. The highest BCUT2D eigenvalue weighted by Gasteiger charge is 2.11. The molecule has 0 radical (unpaired) electrons. The molecule has 0 N–H and O–H groups in total. The molecule has 0 aliphatic rings. The van der Waals surface area contributed by atoms with Gasteiger partial charge in [0, 0.05) is 27.4 Å². The SMILES string of the molecule is COCCCOCc1ccc(C)cc1-c1cc(C)ccc1CCOCCOC. The predicted molar refractivity (Wildman–Crippen MR) is 114 cm³/mol. The molecule has 154 valence electrons. The fourth-order valence-corrected chi connectivity index (χ4v) is 3.14. The predicted octanol–water partition coefficient (Wildman–Crippen LogP) is 4.73. The first-order valence-electron chi connectivity index (χ1n) is 9.98. The van der Waals surface area contributed by atoms with Crippen LogP contribution in [0.25, 0.3) is 11.1 Å². The van der Waals surface area contributed by atoms with Crippen molar-refractivity contribution in [2.24, 2.45) is 0 Å². The summed E-state index contributed by atoms with van der Waals surface area (Å²) in [6.07, 6.45) is 1.79. The zero-order valence-electron chi connectivity index (χ0n) is 17.8. The zero-order chi connectivity index (χ0) is 20.2. The van der Waals surface area contributed by atoms with Gasteiger partial charge >= 0.3 is 0 Å². The number of ether oxygens (including phenoxy) is 4. The molecule has 2 aromatic carbocycles. The second-order valence-corrected chi connectivity index (χ2v) is 7.08. The minimum Gasteiger partial charge on any atom is -0.385 e. The Labute approximate surface area is 169 Å². The third-order valence-corrected chi connectivity index (χ3v) is 4.66. The third kappa shape index (κ3) is 7.36. The topological polar surface area (TPSA) is 36.9 Å². The molecule has 0 fully saturated rings. The molecule has 2 aromatic rings. The summed E-state index contributed by atoms with van der Waals surface area (Å²) in [4.78, 5) is 0. The van der Waals surface area contributed by atoms with Gasteiger partial charge in [0.2, 0.25) is 0 Å². The average molecular weight is 387 g/mol. The van der Waals surface area contributed by atoms with Crippen LogP contribution in [0.15, 0.2) is 36.4 Å². The highest BCUT2D eigenvalue weighted by atomic mass is 16.5. The van der Waals surface area contributed by atoms with E-state index in [0.717, 1.165) is 19.4 Å². The van der Waals surface area contributed by atoms with Gasteiger partial charge in [-0.25, -0.2) is 0 Å². The lowest BCUT2D eigenvalue weighted by Crippen LogP contribution is -2.06. The van der Waals surface area contributed by atoms with Gasteiger partial charge in [-0.05, 0) is 48.9 Å². The molecular weight excluding hydrogens is 352 g/mol. The lowest BCUT2D eigenvalue weighted by atomic mass is 9.91. The van der Waals surface area contributed by atoms with Gasteiger partial charge < -0.3 is 18.9 Å². The molecule has 0 atom stereocenters. The second kappa shape index (κ2) is 12.7. The van der Waals surface area contributed by atoms with Crippen molar-refractivity contribution in [3.63, 3.8) is 0 Å². The summed E-state index contributed by atoms with van der Waals surface area (Å²) >= 11 is 0. The number of benzene rings is 2. The van der Waals surface area contributed by atoms with Gasteiger partial charge in [-0.2, -0.15) is 0 Å². The van der Waals surface area contributed by atoms with E-state index in [4.69, 9.17) is 18.9 Å². The Balaban J connectivity index is 2.17. The highest BCUT2D eigenvalue weighted by molar-refractivity contribution is 5.72. The molecule has 0 aromatic heterocycles. The first-order chi connectivity index (χ1) is 13.7. The Hall–Kier alpha value is -1.72. The van der Waals surface area contributed by atoms with E-state index in [1.807, 2.05) is 0 Å². The van der Waals surface area contributed by atoms with Crippen LogP contribution < -0.4 is 0 Å². The minimum atomic E-state index is 0.608. The quantitative estimate of drug-likeness (QED) is 0.467. The summed E-state index contributed by atoms with van der Waals surface area (Å²) in [5.74, 6) is 0. The lowest BCUT2D eigenvalue weighted by Gasteiger charge is -2.16. The molecule has 0 saturated heterocycles. The summed E-state index contributed by atoms with van der Waals surface area (Å²) in [6, 6.07) is 13.3. The number of aryl methyl sites for hydroxylation is 2. The molecule has 2 rings (SSSR count). The Morgan fingerprint density at radius 2 is 1.29 bits per heavy atom. The first-order valence-corrected chi connectivity index (χ1v) is 9.98. The molecule has 0 bridgehead atoms. The normalized spacial score (nSPS) is 11.1. The van der Waals surface area contributed by atoms with Crippen LogP contribution in [0.2, 0.25) is 0 Å². The molecule has 0 spiro atoms. The fraction of sp³-hybridized carbons (Fsp3) is 0.500. The molecule has 0 aliphatic heterocycles. The summed E-state index contributed by atoms with van der Waals surface area (Å²) in [5.41, 5.74) is 7.55. The summed E-state index contributed by atoms with van der Waals surface area (Å²) in [5, 5.41) is 0.